The molecular formula is C16H18FNO. The molecule has 0 spiro atoms. The van der Waals surface area contributed by atoms with Gasteiger partial charge in [0, 0.05) is 11.6 Å². The number of benzene rings is 2. The number of nitrogens with two attached hydrogens (primary N) is 1. The van der Waals surface area contributed by atoms with Gasteiger partial charge in [-0.15, -0.1) is 0 Å². The van der Waals surface area contributed by atoms with Gasteiger partial charge in [-0.05, 0) is 56.2 Å². The predicted octanol–water partition coefficient (Wildman–Crippen LogP) is 4.25. The zero-order chi connectivity index (χ0) is 14.0. The highest BCUT2D eigenvalue weighted by Crippen LogP contribution is 2.32. The Morgan fingerprint density at radius 1 is 1.11 bits per heavy atom. The number of hydrogen-bond acceptors (Lipinski definition) is 2. The minimum absolute atomic E-state index is 0.282. The summed E-state index contributed by atoms with van der Waals surface area (Å²) in [5.74, 6) is 1.07. The van der Waals surface area contributed by atoms with Crippen LogP contribution in [0, 0.1) is 19.7 Å². The molecule has 0 aromatic heterocycles. The van der Waals surface area contributed by atoms with Gasteiger partial charge in [0.15, 0.2) is 0 Å². The molecule has 0 saturated carbocycles. The van der Waals surface area contributed by atoms with E-state index in [1.807, 2.05) is 39.0 Å². The lowest BCUT2D eigenvalue weighted by Gasteiger charge is -2.16. The van der Waals surface area contributed by atoms with Gasteiger partial charge in [-0.1, -0.05) is 12.1 Å². The van der Waals surface area contributed by atoms with Crippen LogP contribution in [-0.2, 0) is 0 Å². The highest BCUT2D eigenvalue weighted by molar-refractivity contribution is 5.44. The molecule has 0 radical (unpaired) electrons. The second kappa shape index (κ2) is 5.41. The fourth-order valence-corrected chi connectivity index (χ4v) is 1.92. The normalized spacial score (nSPS) is 12.3. The van der Waals surface area contributed by atoms with E-state index in [0.29, 0.717) is 11.3 Å². The van der Waals surface area contributed by atoms with E-state index in [4.69, 9.17) is 10.5 Å². The average molecular weight is 259 g/mol. The summed E-state index contributed by atoms with van der Waals surface area (Å²) in [7, 11) is 0. The Morgan fingerprint density at radius 2 is 1.84 bits per heavy atom. The van der Waals surface area contributed by atoms with Crippen LogP contribution in [0.5, 0.6) is 11.5 Å². The molecule has 0 aliphatic heterocycles. The Morgan fingerprint density at radius 3 is 2.53 bits per heavy atom. The lowest BCUT2D eigenvalue weighted by Crippen LogP contribution is -2.07. The van der Waals surface area contributed by atoms with Crippen molar-refractivity contribution in [1.29, 1.82) is 0 Å². The smallest absolute Gasteiger partial charge is 0.132 e. The summed E-state index contributed by atoms with van der Waals surface area (Å²) in [6.45, 7) is 5.84. The van der Waals surface area contributed by atoms with E-state index in [1.165, 1.54) is 12.1 Å². The van der Waals surface area contributed by atoms with E-state index in [2.05, 4.69) is 0 Å². The molecule has 19 heavy (non-hydrogen) atoms. The Balaban J connectivity index is 2.41. The number of rotatable bonds is 3. The number of halogens is 1. The predicted molar refractivity (Wildman–Crippen MR) is 75.0 cm³/mol. The quantitative estimate of drug-likeness (QED) is 0.894. The third kappa shape index (κ3) is 2.93. The van der Waals surface area contributed by atoms with Crippen LogP contribution in [0.15, 0.2) is 36.4 Å². The lowest BCUT2D eigenvalue weighted by molar-refractivity contribution is 0.465. The molecule has 2 aromatic rings. The summed E-state index contributed by atoms with van der Waals surface area (Å²) in [5.41, 5.74) is 8.75. The maximum atomic E-state index is 13.3. The van der Waals surface area contributed by atoms with Gasteiger partial charge in [0.1, 0.15) is 17.3 Å². The zero-order valence-corrected chi connectivity index (χ0v) is 11.4. The molecule has 100 valence electrons. The van der Waals surface area contributed by atoms with Crippen LogP contribution in [-0.4, -0.2) is 0 Å². The first kappa shape index (κ1) is 13.6. The minimum Gasteiger partial charge on any atom is -0.457 e. The maximum absolute atomic E-state index is 13.3. The summed E-state index contributed by atoms with van der Waals surface area (Å²) in [6.07, 6.45) is 0. The van der Waals surface area contributed by atoms with Gasteiger partial charge >= 0.3 is 0 Å². The van der Waals surface area contributed by atoms with Gasteiger partial charge in [0.2, 0.25) is 0 Å². The second-order valence-electron chi connectivity index (χ2n) is 4.77. The molecule has 0 bridgehead atoms. The Labute approximate surface area is 113 Å². The molecule has 2 nitrogen and oxygen atoms in total. The largest absolute Gasteiger partial charge is 0.457 e. The Bertz CT molecular complexity index is 593. The Hall–Kier alpha value is -1.87. The first-order valence-corrected chi connectivity index (χ1v) is 6.28. The van der Waals surface area contributed by atoms with Crippen molar-refractivity contribution < 1.29 is 9.13 Å². The van der Waals surface area contributed by atoms with Crippen LogP contribution in [0.25, 0.3) is 0 Å². The summed E-state index contributed by atoms with van der Waals surface area (Å²) in [4.78, 5) is 0. The van der Waals surface area contributed by atoms with E-state index in [9.17, 15) is 4.39 Å². The third-order valence-electron chi connectivity index (χ3n) is 3.24. The molecular weight excluding hydrogens is 241 g/mol. The number of ether oxygens (including phenoxy) is 1. The molecule has 0 saturated heterocycles. The van der Waals surface area contributed by atoms with Gasteiger partial charge < -0.3 is 10.5 Å². The van der Waals surface area contributed by atoms with Crippen molar-refractivity contribution in [2.75, 3.05) is 0 Å². The minimum atomic E-state index is -0.305. The molecule has 0 aliphatic carbocycles. The van der Waals surface area contributed by atoms with Gasteiger partial charge in [-0.2, -0.15) is 0 Å². The molecule has 2 N–H and O–H groups in total. The zero-order valence-electron chi connectivity index (χ0n) is 11.4. The highest BCUT2D eigenvalue weighted by Gasteiger charge is 2.12. The SMILES string of the molecule is Cc1cccc(Oc2ccc(F)cc2[C@H](C)N)c1C. The fraction of sp³-hybridized carbons (Fsp3) is 0.250. The van der Waals surface area contributed by atoms with Gasteiger partial charge in [-0.3, -0.25) is 0 Å². The molecule has 2 rings (SSSR count). The first-order valence-electron chi connectivity index (χ1n) is 6.28. The number of aryl methyl sites for hydroxylation is 1. The average Bonchev–Trinajstić information content (AvgIpc) is 2.36. The van der Waals surface area contributed by atoms with Crippen LogP contribution in [0.2, 0.25) is 0 Å². The van der Waals surface area contributed by atoms with Crippen molar-refractivity contribution in [2.24, 2.45) is 5.73 Å². The third-order valence-corrected chi connectivity index (χ3v) is 3.24. The lowest BCUT2D eigenvalue weighted by atomic mass is 10.1. The molecule has 2 aromatic carbocycles. The van der Waals surface area contributed by atoms with E-state index < -0.39 is 0 Å². The molecule has 0 fully saturated rings. The van der Waals surface area contributed by atoms with Crippen molar-refractivity contribution in [3.63, 3.8) is 0 Å². The monoisotopic (exact) mass is 259 g/mol. The van der Waals surface area contributed by atoms with E-state index in [-0.39, 0.29) is 11.9 Å². The van der Waals surface area contributed by atoms with Crippen LogP contribution >= 0.6 is 0 Å². The van der Waals surface area contributed by atoms with Crippen molar-refractivity contribution in [2.45, 2.75) is 26.8 Å². The molecule has 0 heterocycles. The topological polar surface area (TPSA) is 35.2 Å². The summed E-state index contributed by atoms with van der Waals surface area (Å²) < 4.78 is 19.2. The molecule has 0 amide bonds. The van der Waals surface area contributed by atoms with Crippen molar-refractivity contribution in [3.05, 3.63) is 58.9 Å². The molecule has 1 atom stereocenters. The van der Waals surface area contributed by atoms with Crippen molar-refractivity contribution >= 4 is 0 Å². The van der Waals surface area contributed by atoms with Crippen molar-refractivity contribution in [3.8, 4) is 11.5 Å². The van der Waals surface area contributed by atoms with Crippen LogP contribution in [0.1, 0.15) is 29.7 Å². The Kier molecular flexibility index (Phi) is 3.86. The van der Waals surface area contributed by atoms with Crippen LogP contribution in [0.4, 0.5) is 4.39 Å². The summed E-state index contributed by atoms with van der Waals surface area (Å²) in [6, 6.07) is 10.0. The van der Waals surface area contributed by atoms with Gasteiger partial charge in [0.25, 0.3) is 0 Å². The first-order chi connectivity index (χ1) is 8.99. The van der Waals surface area contributed by atoms with Crippen molar-refractivity contribution in [1.82, 2.24) is 0 Å². The summed E-state index contributed by atoms with van der Waals surface area (Å²) in [5, 5.41) is 0. The van der Waals surface area contributed by atoms with Gasteiger partial charge in [0.05, 0.1) is 0 Å². The maximum Gasteiger partial charge on any atom is 0.132 e. The van der Waals surface area contributed by atoms with Crippen LogP contribution in [0.3, 0.4) is 0 Å². The van der Waals surface area contributed by atoms with E-state index >= 15 is 0 Å². The molecule has 0 aliphatic rings. The van der Waals surface area contributed by atoms with Gasteiger partial charge in [-0.25, -0.2) is 4.39 Å². The standard InChI is InChI=1S/C16H18FNO/c1-10-5-4-6-15(11(10)2)19-16-8-7-13(17)9-14(16)12(3)18/h4-9,12H,18H2,1-3H3/t12-/m0/s1. The highest BCUT2D eigenvalue weighted by atomic mass is 19.1. The van der Waals surface area contributed by atoms with E-state index in [0.717, 1.165) is 16.9 Å². The molecule has 0 unspecified atom stereocenters. The second-order valence-corrected chi connectivity index (χ2v) is 4.77. The fourth-order valence-electron chi connectivity index (χ4n) is 1.92. The summed E-state index contributed by atoms with van der Waals surface area (Å²) >= 11 is 0. The van der Waals surface area contributed by atoms with E-state index in [1.54, 1.807) is 6.07 Å². The number of hydrogen-bond donors (Lipinski definition) is 1. The molecule has 3 heteroatoms. The van der Waals surface area contributed by atoms with Crippen LogP contribution < -0.4 is 10.5 Å².